The highest BCUT2D eigenvalue weighted by atomic mass is 32.2. The first kappa shape index (κ1) is 16.6. The van der Waals surface area contributed by atoms with Gasteiger partial charge < -0.3 is 11.1 Å². The Bertz CT molecular complexity index is 517. The third-order valence-corrected chi connectivity index (χ3v) is 4.18. The average molecular weight is 290 g/mol. The standard InChI is InChI=1S/C16H22N2OS/c1-12(20-3)9-11-18-16(19)15-8-4-6-14(13(15)2)7-5-10-17/h4,6,8,12H,9-11,17H2,1-3H3,(H,18,19). The van der Waals surface area contributed by atoms with E-state index in [4.69, 9.17) is 5.73 Å². The van der Waals surface area contributed by atoms with E-state index in [-0.39, 0.29) is 5.91 Å². The van der Waals surface area contributed by atoms with Gasteiger partial charge in [-0.3, -0.25) is 4.79 Å². The summed E-state index contributed by atoms with van der Waals surface area (Å²) in [6.07, 6.45) is 3.05. The van der Waals surface area contributed by atoms with Gasteiger partial charge in [-0.05, 0) is 37.3 Å². The molecule has 0 saturated carbocycles. The zero-order valence-corrected chi connectivity index (χ0v) is 13.1. The summed E-state index contributed by atoms with van der Waals surface area (Å²) in [6.45, 7) is 5.09. The molecule has 108 valence electrons. The van der Waals surface area contributed by atoms with Crippen LogP contribution < -0.4 is 11.1 Å². The predicted molar refractivity (Wildman–Crippen MR) is 87.0 cm³/mol. The van der Waals surface area contributed by atoms with Crippen molar-refractivity contribution < 1.29 is 4.79 Å². The lowest BCUT2D eigenvalue weighted by Crippen LogP contribution is -2.26. The van der Waals surface area contributed by atoms with Crippen molar-refractivity contribution in [2.24, 2.45) is 5.73 Å². The largest absolute Gasteiger partial charge is 0.352 e. The highest BCUT2D eigenvalue weighted by Gasteiger charge is 2.10. The number of rotatable bonds is 5. The lowest BCUT2D eigenvalue weighted by atomic mass is 10.0. The van der Waals surface area contributed by atoms with Crippen molar-refractivity contribution in [1.29, 1.82) is 0 Å². The van der Waals surface area contributed by atoms with E-state index < -0.39 is 0 Å². The van der Waals surface area contributed by atoms with Crippen LogP contribution in [-0.4, -0.2) is 30.5 Å². The molecular weight excluding hydrogens is 268 g/mol. The number of thioether (sulfide) groups is 1. The topological polar surface area (TPSA) is 55.1 Å². The molecule has 0 aliphatic rings. The van der Waals surface area contributed by atoms with E-state index in [9.17, 15) is 4.79 Å². The molecule has 0 radical (unpaired) electrons. The number of nitrogens with two attached hydrogens (primary N) is 1. The normalized spacial score (nSPS) is 11.4. The van der Waals surface area contributed by atoms with Gasteiger partial charge in [-0.25, -0.2) is 0 Å². The molecule has 0 aliphatic heterocycles. The van der Waals surface area contributed by atoms with Crippen LogP contribution in [0.5, 0.6) is 0 Å². The summed E-state index contributed by atoms with van der Waals surface area (Å²) in [4.78, 5) is 12.2. The summed E-state index contributed by atoms with van der Waals surface area (Å²) in [5, 5.41) is 3.52. The first-order valence-electron chi connectivity index (χ1n) is 6.69. The first-order valence-corrected chi connectivity index (χ1v) is 7.98. The Hall–Kier alpha value is -1.44. The Morgan fingerprint density at radius 2 is 2.25 bits per heavy atom. The quantitative estimate of drug-likeness (QED) is 0.817. The molecule has 3 nitrogen and oxygen atoms in total. The van der Waals surface area contributed by atoms with Crippen molar-refractivity contribution in [3.05, 3.63) is 34.9 Å². The summed E-state index contributed by atoms with van der Waals surface area (Å²) in [6, 6.07) is 5.59. The molecule has 1 unspecified atom stereocenters. The van der Waals surface area contributed by atoms with E-state index in [0.29, 0.717) is 23.9 Å². The fourth-order valence-corrected chi connectivity index (χ4v) is 2.12. The summed E-state index contributed by atoms with van der Waals surface area (Å²) < 4.78 is 0. The fraction of sp³-hybridized carbons (Fsp3) is 0.438. The van der Waals surface area contributed by atoms with Gasteiger partial charge in [0.2, 0.25) is 0 Å². The minimum absolute atomic E-state index is 0.0350. The number of hydrogen-bond acceptors (Lipinski definition) is 3. The van der Waals surface area contributed by atoms with Gasteiger partial charge in [-0.1, -0.05) is 24.8 Å². The maximum absolute atomic E-state index is 12.2. The first-order chi connectivity index (χ1) is 9.60. The number of nitrogens with one attached hydrogen (secondary N) is 1. The second kappa shape index (κ2) is 8.68. The van der Waals surface area contributed by atoms with Crippen LogP contribution in [0.15, 0.2) is 18.2 Å². The Kier molecular flexibility index (Phi) is 7.21. The molecule has 1 atom stereocenters. The molecule has 4 heteroatoms. The second-order valence-corrected chi connectivity index (χ2v) is 5.85. The average Bonchev–Trinajstić information content (AvgIpc) is 2.45. The number of carbonyl (C=O) groups is 1. The van der Waals surface area contributed by atoms with E-state index in [1.807, 2.05) is 25.1 Å². The van der Waals surface area contributed by atoms with Crippen LogP contribution in [0.25, 0.3) is 0 Å². The van der Waals surface area contributed by atoms with Crippen LogP contribution in [-0.2, 0) is 0 Å². The van der Waals surface area contributed by atoms with Gasteiger partial charge in [0.25, 0.3) is 5.91 Å². The Labute approximate surface area is 125 Å². The van der Waals surface area contributed by atoms with Crippen LogP contribution in [0.3, 0.4) is 0 Å². The molecule has 0 heterocycles. The van der Waals surface area contributed by atoms with Gasteiger partial charge in [0.1, 0.15) is 0 Å². The third-order valence-electron chi connectivity index (χ3n) is 3.14. The molecule has 0 aliphatic carbocycles. The van der Waals surface area contributed by atoms with Crippen molar-refractivity contribution in [3.8, 4) is 11.8 Å². The molecule has 1 rings (SSSR count). The van der Waals surface area contributed by atoms with Crippen LogP contribution in [0.2, 0.25) is 0 Å². The van der Waals surface area contributed by atoms with Crippen molar-refractivity contribution in [2.75, 3.05) is 19.3 Å². The molecular formula is C16H22N2OS. The van der Waals surface area contributed by atoms with Gasteiger partial charge in [-0.15, -0.1) is 0 Å². The number of carbonyl (C=O) groups excluding carboxylic acids is 1. The van der Waals surface area contributed by atoms with E-state index in [1.165, 1.54) is 0 Å². The molecule has 0 spiro atoms. The van der Waals surface area contributed by atoms with Crippen molar-refractivity contribution in [2.45, 2.75) is 25.5 Å². The maximum Gasteiger partial charge on any atom is 0.251 e. The fourth-order valence-electron chi connectivity index (χ4n) is 1.77. The number of amides is 1. The van der Waals surface area contributed by atoms with E-state index in [1.54, 1.807) is 11.8 Å². The third kappa shape index (κ3) is 4.92. The molecule has 1 aromatic carbocycles. The van der Waals surface area contributed by atoms with Gasteiger partial charge >= 0.3 is 0 Å². The smallest absolute Gasteiger partial charge is 0.251 e. The van der Waals surface area contributed by atoms with Gasteiger partial charge in [0.05, 0.1) is 6.54 Å². The van der Waals surface area contributed by atoms with E-state index >= 15 is 0 Å². The molecule has 0 aromatic heterocycles. The van der Waals surface area contributed by atoms with Crippen LogP contribution >= 0.6 is 11.8 Å². The van der Waals surface area contributed by atoms with Crippen LogP contribution in [0.4, 0.5) is 0 Å². The molecule has 1 amide bonds. The summed E-state index contributed by atoms with van der Waals surface area (Å²) >= 11 is 1.81. The monoisotopic (exact) mass is 290 g/mol. The SMILES string of the molecule is CSC(C)CCNC(=O)c1cccc(C#CCN)c1C. The molecule has 20 heavy (non-hydrogen) atoms. The minimum atomic E-state index is -0.0350. The van der Waals surface area contributed by atoms with Crippen LogP contribution in [0, 0.1) is 18.8 Å². The summed E-state index contributed by atoms with van der Waals surface area (Å²) in [7, 11) is 0. The van der Waals surface area contributed by atoms with Gasteiger partial charge in [0, 0.05) is 22.9 Å². The number of benzene rings is 1. The molecule has 1 aromatic rings. The van der Waals surface area contributed by atoms with Crippen molar-refractivity contribution in [1.82, 2.24) is 5.32 Å². The molecule has 0 fully saturated rings. The highest BCUT2D eigenvalue weighted by molar-refractivity contribution is 7.99. The van der Waals surface area contributed by atoms with Gasteiger partial charge in [-0.2, -0.15) is 11.8 Å². The summed E-state index contributed by atoms with van der Waals surface area (Å²) in [5.74, 6) is 5.78. The lowest BCUT2D eigenvalue weighted by molar-refractivity contribution is 0.0952. The lowest BCUT2D eigenvalue weighted by Gasteiger charge is -2.11. The zero-order valence-electron chi connectivity index (χ0n) is 12.3. The maximum atomic E-state index is 12.2. The Morgan fingerprint density at radius 3 is 2.90 bits per heavy atom. The highest BCUT2D eigenvalue weighted by Crippen LogP contribution is 2.13. The van der Waals surface area contributed by atoms with Gasteiger partial charge in [0.15, 0.2) is 0 Å². The Morgan fingerprint density at radius 1 is 1.50 bits per heavy atom. The second-order valence-electron chi connectivity index (χ2n) is 4.57. The molecule has 0 saturated heterocycles. The van der Waals surface area contributed by atoms with Crippen LogP contribution in [0.1, 0.15) is 34.8 Å². The number of hydrogen-bond donors (Lipinski definition) is 2. The Balaban J connectivity index is 2.73. The summed E-state index contributed by atoms with van der Waals surface area (Å²) in [5.41, 5.74) is 7.83. The van der Waals surface area contributed by atoms with E-state index in [2.05, 4.69) is 30.3 Å². The predicted octanol–water partition coefficient (Wildman–Crippen LogP) is 2.18. The minimum Gasteiger partial charge on any atom is -0.352 e. The van der Waals surface area contributed by atoms with Crippen molar-refractivity contribution in [3.63, 3.8) is 0 Å². The molecule has 0 bridgehead atoms. The van der Waals surface area contributed by atoms with E-state index in [0.717, 1.165) is 17.5 Å². The molecule has 3 N–H and O–H groups in total. The van der Waals surface area contributed by atoms with Crippen molar-refractivity contribution >= 4 is 17.7 Å². The zero-order chi connectivity index (χ0) is 15.0.